The van der Waals surface area contributed by atoms with E-state index in [0.29, 0.717) is 49.2 Å². The van der Waals surface area contributed by atoms with Gasteiger partial charge in [0.25, 0.3) is 0 Å². The van der Waals surface area contributed by atoms with E-state index in [1.54, 1.807) is 24.4 Å². The molecule has 43 heavy (non-hydrogen) atoms. The van der Waals surface area contributed by atoms with Crippen LogP contribution < -0.4 is 38.1 Å². The first-order valence-corrected chi connectivity index (χ1v) is 14.2. The number of alkyl halides is 3. The number of nitrogens with two attached hydrogens (primary N) is 3. The lowest BCUT2D eigenvalue weighted by Crippen LogP contribution is -2.51. The number of halogens is 4. The Morgan fingerprint density at radius 3 is 2.49 bits per heavy atom. The average Bonchev–Trinajstić information content (AvgIpc) is 3.34. The Bertz CT molecular complexity index is 1400. The Hall–Kier alpha value is -4.10. The third-order valence-electron chi connectivity index (χ3n) is 7.31. The molecule has 0 saturated heterocycles. The molecule has 0 saturated carbocycles. The number of rotatable bonds is 12. The summed E-state index contributed by atoms with van der Waals surface area (Å²) >= 11 is 0. The predicted octanol–water partition coefficient (Wildman–Crippen LogP) is 4.21. The number of benzene rings is 2. The van der Waals surface area contributed by atoms with Crippen molar-refractivity contribution in [3.63, 3.8) is 0 Å². The first kappa shape index (κ1) is 31.8. The van der Waals surface area contributed by atoms with Crippen LogP contribution in [0.5, 0.6) is 0 Å². The zero-order valence-corrected chi connectivity index (χ0v) is 24.1. The summed E-state index contributed by atoms with van der Waals surface area (Å²) in [6, 6.07) is 9.22. The number of aryl methyl sites for hydroxylation is 1. The molecular weight excluding hydrogens is 564 g/mol. The molecule has 13 heteroatoms. The highest BCUT2D eigenvalue weighted by molar-refractivity contribution is 5.96. The minimum absolute atomic E-state index is 0.0432. The van der Waals surface area contributed by atoms with Gasteiger partial charge in [-0.05, 0) is 87.5 Å². The van der Waals surface area contributed by atoms with Gasteiger partial charge in [0, 0.05) is 41.7 Å². The third-order valence-corrected chi connectivity index (χ3v) is 7.31. The molecule has 2 heterocycles. The number of carbonyl (C=O) groups is 1. The van der Waals surface area contributed by atoms with E-state index in [4.69, 9.17) is 17.2 Å². The fraction of sp³-hybridized carbons (Fsp3) is 0.400. The molecular formula is C30H38F4N8O. The standard InChI is InChI=1S/C30H38F4N8O/c1-17(35)5-3-6-19-13-23(26(31)24(14-19)30(32,33)34)25-15-21-16-42(29(43)41-27(21)40-25)22-9-7-20(8-10-22)18(2)38-11-4-12-39-28(36)37/h7-10,13-18,27,38,40H,3-6,11-12,35H2,1-2H3,(H,41,43)(H4,36,37,39)/t17-,18-,27?/m0/s1. The van der Waals surface area contributed by atoms with Crippen LogP contribution in [0.2, 0.25) is 0 Å². The van der Waals surface area contributed by atoms with E-state index < -0.39 is 29.8 Å². The number of carbonyl (C=O) groups excluding carboxylic acids is 1. The molecule has 2 aliphatic rings. The topological polar surface area (TPSA) is 147 Å². The van der Waals surface area contributed by atoms with Crippen molar-refractivity contribution < 1.29 is 22.4 Å². The number of guanidine groups is 1. The van der Waals surface area contributed by atoms with Gasteiger partial charge in [0.1, 0.15) is 12.0 Å². The molecule has 2 aromatic carbocycles. The summed E-state index contributed by atoms with van der Waals surface area (Å²) in [6.07, 6.45) is -0.129. The highest BCUT2D eigenvalue weighted by Crippen LogP contribution is 2.37. The molecule has 232 valence electrons. The predicted molar refractivity (Wildman–Crippen MR) is 160 cm³/mol. The molecule has 0 radical (unpaired) electrons. The maximum atomic E-state index is 15.2. The van der Waals surface area contributed by atoms with Gasteiger partial charge in [-0.15, -0.1) is 0 Å². The molecule has 2 amide bonds. The SMILES string of the molecule is C[C@H](N)CCCc1cc(C2=CC3=CN(c4ccc([C@H](C)NCCCN=C(N)N)cc4)C(=O)NC3N2)c(F)c(C(F)(F)F)c1. The van der Waals surface area contributed by atoms with Crippen LogP contribution in [-0.4, -0.2) is 37.3 Å². The largest absolute Gasteiger partial charge is 0.419 e. The summed E-state index contributed by atoms with van der Waals surface area (Å²) in [5.74, 6) is -1.30. The van der Waals surface area contributed by atoms with Crippen molar-refractivity contribution in [1.29, 1.82) is 0 Å². The lowest BCUT2D eigenvalue weighted by atomic mass is 9.98. The number of nitrogens with one attached hydrogen (secondary N) is 3. The molecule has 3 atom stereocenters. The van der Waals surface area contributed by atoms with Crippen LogP contribution >= 0.6 is 0 Å². The Morgan fingerprint density at radius 2 is 1.84 bits per heavy atom. The molecule has 2 aromatic rings. The lowest BCUT2D eigenvalue weighted by molar-refractivity contribution is -0.140. The lowest BCUT2D eigenvalue weighted by Gasteiger charge is -2.29. The van der Waals surface area contributed by atoms with E-state index in [1.165, 1.54) is 11.0 Å². The van der Waals surface area contributed by atoms with Gasteiger partial charge >= 0.3 is 12.2 Å². The molecule has 9 N–H and O–H groups in total. The first-order chi connectivity index (χ1) is 20.3. The number of amides is 2. The highest BCUT2D eigenvalue weighted by atomic mass is 19.4. The monoisotopic (exact) mass is 602 g/mol. The van der Waals surface area contributed by atoms with Crippen LogP contribution in [0, 0.1) is 5.82 Å². The van der Waals surface area contributed by atoms with Crippen molar-refractivity contribution >= 4 is 23.4 Å². The summed E-state index contributed by atoms with van der Waals surface area (Å²) in [4.78, 5) is 18.3. The molecule has 4 rings (SSSR count). The molecule has 9 nitrogen and oxygen atoms in total. The third kappa shape index (κ3) is 8.05. The van der Waals surface area contributed by atoms with E-state index in [9.17, 15) is 18.0 Å². The van der Waals surface area contributed by atoms with Gasteiger partial charge in [0.15, 0.2) is 5.96 Å². The molecule has 1 unspecified atom stereocenters. The Morgan fingerprint density at radius 1 is 1.12 bits per heavy atom. The summed E-state index contributed by atoms with van der Waals surface area (Å²) < 4.78 is 56.5. The second-order valence-electron chi connectivity index (χ2n) is 10.9. The maximum absolute atomic E-state index is 15.2. The first-order valence-electron chi connectivity index (χ1n) is 14.2. The Kier molecular flexibility index (Phi) is 9.97. The fourth-order valence-electron chi connectivity index (χ4n) is 5.02. The van der Waals surface area contributed by atoms with Crippen molar-refractivity contribution in [3.05, 3.63) is 82.3 Å². The van der Waals surface area contributed by atoms with Crippen LogP contribution in [0.25, 0.3) is 5.70 Å². The fourth-order valence-corrected chi connectivity index (χ4v) is 5.02. The van der Waals surface area contributed by atoms with E-state index in [-0.39, 0.29) is 29.3 Å². The van der Waals surface area contributed by atoms with Gasteiger partial charge in [-0.2, -0.15) is 13.2 Å². The number of hydrogen-bond acceptors (Lipinski definition) is 5. The summed E-state index contributed by atoms with van der Waals surface area (Å²) in [7, 11) is 0. The Balaban J connectivity index is 1.52. The summed E-state index contributed by atoms with van der Waals surface area (Å²) in [6.45, 7) is 5.08. The van der Waals surface area contributed by atoms with Crippen LogP contribution in [0.1, 0.15) is 61.4 Å². The van der Waals surface area contributed by atoms with Crippen molar-refractivity contribution in [3.8, 4) is 0 Å². The van der Waals surface area contributed by atoms with E-state index in [0.717, 1.165) is 18.1 Å². The van der Waals surface area contributed by atoms with Gasteiger partial charge in [0.05, 0.1) is 11.3 Å². The van der Waals surface area contributed by atoms with Crippen LogP contribution in [0.15, 0.2) is 59.2 Å². The van der Waals surface area contributed by atoms with Gasteiger partial charge in [-0.3, -0.25) is 9.89 Å². The maximum Gasteiger partial charge on any atom is 0.419 e. The van der Waals surface area contributed by atoms with Crippen molar-refractivity contribution in [2.45, 2.75) is 64.0 Å². The van der Waals surface area contributed by atoms with Gasteiger partial charge in [-0.1, -0.05) is 12.1 Å². The van der Waals surface area contributed by atoms with Crippen LogP contribution in [0.4, 0.5) is 28.0 Å². The molecule has 2 aliphatic heterocycles. The van der Waals surface area contributed by atoms with Gasteiger partial charge in [0.2, 0.25) is 0 Å². The number of anilines is 1. The van der Waals surface area contributed by atoms with Gasteiger partial charge in [-0.25, -0.2) is 9.18 Å². The van der Waals surface area contributed by atoms with Crippen LogP contribution in [-0.2, 0) is 12.6 Å². The number of aliphatic imine (C=N–C) groups is 1. The molecule has 0 aromatic heterocycles. The molecule has 0 fully saturated rings. The minimum atomic E-state index is -4.86. The second kappa shape index (κ2) is 13.5. The molecule has 0 aliphatic carbocycles. The molecule has 0 bridgehead atoms. The van der Waals surface area contributed by atoms with E-state index in [1.807, 2.05) is 26.0 Å². The number of urea groups is 1. The molecule has 0 spiro atoms. The normalized spacial score (nSPS) is 17.8. The Labute approximate surface area is 248 Å². The van der Waals surface area contributed by atoms with Gasteiger partial charge < -0.3 is 33.2 Å². The average molecular weight is 603 g/mol. The number of hydrogen-bond donors (Lipinski definition) is 6. The zero-order chi connectivity index (χ0) is 31.3. The summed E-state index contributed by atoms with van der Waals surface area (Å²) in [5.41, 5.74) is 17.6. The van der Waals surface area contributed by atoms with Crippen molar-refractivity contribution in [2.75, 3.05) is 18.0 Å². The number of fused-ring (bicyclic) bond motifs is 1. The second-order valence-corrected chi connectivity index (χ2v) is 10.9. The number of nitrogens with zero attached hydrogens (tertiary/aromatic N) is 2. The zero-order valence-electron chi connectivity index (χ0n) is 24.1. The smallest absolute Gasteiger partial charge is 0.370 e. The van der Waals surface area contributed by atoms with Crippen molar-refractivity contribution in [2.24, 2.45) is 22.2 Å². The van der Waals surface area contributed by atoms with Crippen molar-refractivity contribution in [1.82, 2.24) is 16.0 Å². The van der Waals surface area contributed by atoms with E-state index >= 15 is 4.39 Å². The minimum Gasteiger partial charge on any atom is -0.370 e. The summed E-state index contributed by atoms with van der Waals surface area (Å²) in [5, 5.41) is 9.15. The highest BCUT2D eigenvalue weighted by Gasteiger charge is 2.38. The van der Waals surface area contributed by atoms with Crippen LogP contribution in [0.3, 0.4) is 0 Å². The van der Waals surface area contributed by atoms with E-state index in [2.05, 4.69) is 20.9 Å². The quantitative estimate of drug-likeness (QED) is 0.0929.